The summed E-state index contributed by atoms with van der Waals surface area (Å²) < 4.78 is 0. The maximum atomic E-state index is 10.2. The smallest absolute Gasteiger partial charge is 0.303 e. The average molecular weight is 212 g/mol. The normalized spacial score (nSPS) is 10.1. The highest BCUT2D eigenvalue weighted by Gasteiger charge is 2.10. The number of carboxylic acids is 1. The molecule has 0 bridgehead atoms. The summed E-state index contributed by atoms with van der Waals surface area (Å²) in [5, 5.41) is 36.0. The Morgan fingerprint density at radius 2 is 1.80 bits per heavy atom. The van der Waals surface area contributed by atoms with Gasteiger partial charge in [-0.25, -0.2) is 0 Å². The zero-order valence-electron chi connectivity index (χ0n) is 7.97. The Hall–Kier alpha value is -1.91. The second kappa shape index (κ2) is 4.54. The van der Waals surface area contributed by atoms with Crippen molar-refractivity contribution in [3.8, 4) is 17.2 Å². The van der Waals surface area contributed by atoms with Gasteiger partial charge in [0.05, 0.1) is 0 Å². The second-order valence-electron chi connectivity index (χ2n) is 3.19. The van der Waals surface area contributed by atoms with Crippen LogP contribution in [-0.4, -0.2) is 26.4 Å². The molecular weight excluding hydrogens is 200 g/mol. The second-order valence-corrected chi connectivity index (χ2v) is 3.19. The van der Waals surface area contributed by atoms with Gasteiger partial charge in [-0.1, -0.05) is 6.07 Å². The SMILES string of the molecule is O=C(O)CCCc1ccc(O)c(O)c1O. The van der Waals surface area contributed by atoms with Crippen molar-refractivity contribution in [2.75, 3.05) is 0 Å². The summed E-state index contributed by atoms with van der Waals surface area (Å²) in [5.74, 6) is -2.25. The van der Waals surface area contributed by atoms with Crippen LogP contribution in [0.25, 0.3) is 0 Å². The molecule has 0 heterocycles. The number of phenolic OH excluding ortho intramolecular Hbond substituents is 3. The topological polar surface area (TPSA) is 98.0 Å². The van der Waals surface area contributed by atoms with Gasteiger partial charge in [0.25, 0.3) is 0 Å². The Morgan fingerprint density at radius 3 is 2.40 bits per heavy atom. The monoisotopic (exact) mass is 212 g/mol. The van der Waals surface area contributed by atoms with Crippen LogP contribution in [0.3, 0.4) is 0 Å². The van der Waals surface area contributed by atoms with Gasteiger partial charge in [0, 0.05) is 6.42 Å². The van der Waals surface area contributed by atoms with Gasteiger partial charge < -0.3 is 20.4 Å². The Bertz CT molecular complexity index is 372. The molecule has 0 unspecified atom stereocenters. The number of phenols is 3. The maximum Gasteiger partial charge on any atom is 0.303 e. The lowest BCUT2D eigenvalue weighted by Crippen LogP contribution is -1.96. The molecule has 4 N–H and O–H groups in total. The summed E-state index contributed by atoms with van der Waals surface area (Å²) in [6.07, 6.45) is 0.708. The van der Waals surface area contributed by atoms with Crippen molar-refractivity contribution >= 4 is 5.97 Å². The quantitative estimate of drug-likeness (QED) is 0.562. The van der Waals surface area contributed by atoms with Gasteiger partial charge in [-0.15, -0.1) is 0 Å². The first kappa shape index (κ1) is 11.2. The fourth-order valence-corrected chi connectivity index (χ4v) is 1.24. The molecule has 0 aliphatic heterocycles. The number of carboxylic acid groups (broad SMARTS) is 1. The van der Waals surface area contributed by atoms with Crippen LogP contribution in [0.1, 0.15) is 18.4 Å². The van der Waals surface area contributed by atoms with Gasteiger partial charge in [-0.3, -0.25) is 4.79 Å². The molecule has 1 aromatic carbocycles. The summed E-state index contributed by atoms with van der Waals surface area (Å²) in [4.78, 5) is 10.2. The van der Waals surface area contributed by atoms with E-state index >= 15 is 0 Å². The molecule has 0 saturated carbocycles. The summed E-state index contributed by atoms with van der Waals surface area (Å²) in [6, 6.07) is 2.71. The highest BCUT2D eigenvalue weighted by Crippen LogP contribution is 2.37. The van der Waals surface area contributed by atoms with Crippen molar-refractivity contribution in [1.82, 2.24) is 0 Å². The summed E-state index contributed by atoms with van der Waals surface area (Å²) in [5.41, 5.74) is 0.423. The third kappa shape index (κ3) is 2.77. The summed E-state index contributed by atoms with van der Waals surface area (Å²) >= 11 is 0. The van der Waals surface area contributed by atoms with E-state index in [0.29, 0.717) is 18.4 Å². The Kier molecular flexibility index (Phi) is 3.38. The van der Waals surface area contributed by atoms with Crippen molar-refractivity contribution in [3.63, 3.8) is 0 Å². The molecule has 0 spiro atoms. The van der Waals surface area contributed by atoms with Gasteiger partial charge in [0.2, 0.25) is 5.75 Å². The molecular formula is C10H12O5. The number of benzene rings is 1. The highest BCUT2D eigenvalue weighted by atomic mass is 16.4. The van der Waals surface area contributed by atoms with Crippen molar-refractivity contribution in [3.05, 3.63) is 17.7 Å². The number of aromatic hydroxyl groups is 3. The van der Waals surface area contributed by atoms with Crippen LogP contribution >= 0.6 is 0 Å². The fourth-order valence-electron chi connectivity index (χ4n) is 1.24. The van der Waals surface area contributed by atoms with E-state index in [9.17, 15) is 15.0 Å². The summed E-state index contributed by atoms with van der Waals surface area (Å²) in [7, 11) is 0. The molecule has 0 amide bonds. The largest absolute Gasteiger partial charge is 0.504 e. The molecule has 0 aliphatic rings. The van der Waals surface area contributed by atoms with E-state index in [1.165, 1.54) is 12.1 Å². The van der Waals surface area contributed by atoms with E-state index in [4.69, 9.17) is 10.2 Å². The molecule has 0 aliphatic carbocycles. The van der Waals surface area contributed by atoms with Crippen LogP contribution in [0.5, 0.6) is 17.2 Å². The fraction of sp³-hybridized carbons (Fsp3) is 0.300. The van der Waals surface area contributed by atoms with Gasteiger partial charge in [-0.05, 0) is 24.5 Å². The minimum absolute atomic E-state index is 0.00107. The van der Waals surface area contributed by atoms with E-state index in [0.717, 1.165) is 0 Å². The number of hydrogen-bond donors (Lipinski definition) is 4. The van der Waals surface area contributed by atoms with Crippen LogP contribution in [0.4, 0.5) is 0 Å². The lowest BCUT2D eigenvalue weighted by Gasteiger charge is -2.06. The minimum atomic E-state index is -0.905. The molecule has 5 nitrogen and oxygen atoms in total. The van der Waals surface area contributed by atoms with Crippen molar-refractivity contribution < 1.29 is 25.2 Å². The van der Waals surface area contributed by atoms with Crippen LogP contribution < -0.4 is 0 Å². The van der Waals surface area contributed by atoms with Gasteiger partial charge in [-0.2, -0.15) is 0 Å². The molecule has 0 fully saturated rings. The number of hydrogen-bond acceptors (Lipinski definition) is 4. The molecule has 15 heavy (non-hydrogen) atoms. The zero-order chi connectivity index (χ0) is 11.4. The first-order valence-corrected chi connectivity index (χ1v) is 4.47. The van der Waals surface area contributed by atoms with E-state index in [2.05, 4.69) is 0 Å². The van der Waals surface area contributed by atoms with Crippen molar-refractivity contribution in [2.24, 2.45) is 0 Å². The highest BCUT2D eigenvalue weighted by molar-refractivity contribution is 5.66. The van der Waals surface area contributed by atoms with E-state index < -0.39 is 17.5 Å². The zero-order valence-corrected chi connectivity index (χ0v) is 7.97. The lowest BCUT2D eigenvalue weighted by molar-refractivity contribution is -0.137. The standard InChI is InChI=1S/C10H12O5/c11-7-5-4-6(9(14)10(7)15)2-1-3-8(12)13/h4-5,11,14-15H,1-3H2,(H,12,13). The van der Waals surface area contributed by atoms with Crippen molar-refractivity contribution in [1.29, 1.82) is 0 Å². The molecule has 5 heteroatoms. The average Bonchev–Trinajstić information content (AvgIpc) is 2.18. The number of aryl methyl sites for hydroxylation is 1. The molecule has 1 rings (SSSR count). The Morgan fingerprint density at radius 1 is 1.13 bits per heavy atom. The Balaban J connectivity index is 2.70. The van der Waals surface area contributed by atoms with Crippen LogP contribution in [-0.2, 0) is 11.2 Å². The minimum Gasteiger partial charge on any atom is -0.504 e. The number of carbonyl (C=O) groups is 1. The Labute approximate surface area is 86.2 Å². The third-order valence-corrected chi connectivity index (χ3v) is 2.05. The third-order valence-electron chi connectivity index (χ3n) is 2.05. The van der Waals surface area contributed by atoms with Gasteiger partial charge in [0.1, 0.15) is 0 Å². The van der Waals surface area contributed by atoms with Crippen LogP contribution in [0.15, 0.2) is 12.1 Å². The van der Waals surface area contributed by atoms with Crippen molar-refractivity contribution in [2.45, 2.75) is 19.3 Å². The van der Waals surface area contributed by atoms with Gasteiger partial charge >= 0.3 is 5.97 Å². The molecule has 0 aromatic heterocycles. The molecule has 1 aromatic rings. The van der Waals surface area contributed by atoms with Crippen LogP contribution in [0.2, 0.25) is 0 Å². The summed E-state index contributed by atoms with van der Waals surface area (Å²) in [6.45, 7) is 0. The number of rotatable bonds is 4. The predicted octanol–water partition coefficient (Wildman–Crippen LogP) is 1.21. The van der Waals surface area contributed by atoms with E-state index in [-0.39, 0.29) is 12.2 Å². The molecule has 82 valence electrons. The molecule has 0 radical (unpaired) electrons. The number of aliphatic carboxylic acids is 1. The first-order chi connectivity index (χ1) is 7.02. The van der Waals surface area contributed by atoms with E-state index in [1.54, 1.807) is 0 Å². The van der Waals surface area contributed by atoms with E-state index in [1.807, 2.05) is 0 Å². The first-order valence-electron chi connectivity index (χ1n) is 4.47. The predicted molar refractivity (Wildman–Crippen MR) is 52.0 cm³/mol. The van der Waals surface area contributed by atoms with Gasteiger partial charge in [0.15, 0.2) is 11.5 Å². The van der Waals surface area contributed by atoms with Crippen LogP contribution in [0, 0.1) is 0 Å². The maximum absolute atomic E-state index is 10.2. The molecule has 0 saturated heterocycles. The molecule has 0 atom stereocenters. The lowest BCUT2D eigenvalue weighted by atomic mass is 10.1.